The Bertz CT molecular complexity index is 1050. The van der Waals surface area contributed by atoms with Crippen molar-refractivity contribution in [3.8, 4) is 0 Å². The zero-order valence-corrected chi connectivity index (χ0v) is 13.1. The molecular formula is C20H13NOS. The van der Waals surface area contributed by atoms with Crippen LogP contribution in [0.25, 0.3) is 21.5 Å². The molecule has 0 bridgehead atoms. The summed E-state index contributed by atoms with van der Waals surface area (Å²) in [6.45, 7) is 0. The van der Waals surface area contributed by atoms with Gasteiger partial charge in [0.25, 0.3) is 0 Å². The van der Waals surface area contributed by atoms with Crippen molar-refractivity contribution >= 4 is 51.1 Å². The number of carbonyl (C=O) groups is 1. The fraction of sp³-hybridized carbons (Fsp3) is 0. The van der Waals surface area contributed by atoms with Crippen LogP contribution in [0.5, 0.6) is 0 Å². The normalized spacial score (nSPS) is 11.5. The summed E-state index contributed by atoms with van der Waals surface area (Å²) < 4.78 is 0. The van der Waals surface area contributed by atoms with Gasteiger partial charge >= 0.3 is 0 Å². The molecule has 0 aliphatic heterocycles. The quantitative estimate of drug-likeness (QED) is 0.274. The molecule has 0 fully saturated rings. The van der Waals surface area contributed by atoms with Crippen molar-refractivity contribution in [1.29, 1.82) is 0 Å². The SMILES string of the molecule is O=Cc1ccc(C=Nc2ccc3cc4ccccc4cc3c2)s1. The molecule has 2 nitrogen and oxygen atoms in total. The molecule has 0 unspecified atom stereocenters. The zero-order chi connectivity index (χ0) is 15.6. The molecule has 3 aromatic carbocycles. The maximum atomic E-state index is 10.7. The number of nitrogens with zero attached hydrogens (tertiary/aromatic N) is 1. The predicted molar refractivity (Wildman–Crippen MR) is 98.4 cm³/mol. The van der Waals surface area contributed by atoms with Gasteiger partial charge in [-0.25, -0.2) is 0 Å². The lowest BCUT2D eigenvalue weighted by Gasteiger charge is -2.03. The van der Waals surface area contributed by atoms with E-state index in [1.807, 2.05) is 18.2 Å². The van der Waals surface area contributed by atoms with Gasteiger partial charge in [-0.05, 0) is 57.9 Å². The molecule has 0 radical (unpaired) electrons. The Morgan fingerprint density at radius 2 is 1.43 bits per heavy atom. The number of thiophene rings is 1. The van der Waals surface area contributed by atoms with E-state index in [9.17, 15) is 4.79 Å². The first kappa shape index (κ1) is 13.9. The summed E-state index contributed by atoms with van der Waals surface area (Å²) in [5, 5.41) is 4.87. The lowest BCUT2D eigenvalue weighted by Crippen LogP contribution is -1.77. The van der Waals surface area contributed by atoms with E-state index in [1.54, 1.807) is 6.21 Å². The Labute approximate surface area is 137 Å². The van der Waals surface area contributed by atoms with Gasteiger partial charge in [-0.15, -0.1) is 11.3 Å². The third-order valence-electron chi connectivity index (χ3n) is 3.79. The summed E-state index contributed by atoms with van der Waals surface area (Å²) in [4.78, 5) is 16.9. The van der Waals surface area contributed by atoms with Gasteiger partial charge in [0, 0.05) is 11.1 Å². The second-order valence-corrected chi connectivity index (χ2v) is 6.49. The van der Waals surface area contributed by atoms with E-state index in [4.69, 9.17) is 0 Å². The Morgan fingerprint density at radius 3 is 2.17 bits per heavy atom. The molecule has 0 N–H and O–H groups in total. The first-order valence-electron chi connectivity index (χ1n) is 7.33. The second-order valence-electron chi connectivity index (χ2n) is 5.35. The van der Waals surface area contributed by atoms with Gasteiger partial charge in [0.2, 0.25) is 0 Å². The summed E-state index contributed by atoms with van der Waals surface area (Å²) in [6.07, 6.45) is 2.67. The largest absolute Gasteiger partial charge is 0.297 e. The number of aliphatic imine (C=N–C) groups is 1. The van der Waals surface area contributed by atoms with Crippen LogP contribution in [0.4, 0.5) is 5.69 Å². The van der Waals surface area contributed by atoms with Gasteiger partial charge in [-0.2, -0.15) is 0 Å². The van der Waals surface area contributed by atoms with Crippen LogP contribution >= 0.6 is 11.3 Å². The Balaban J connectivity index is 1.72. The summed E-state index contributed by atoms with van der Waals surface area (Å²) in [7, 11) is 0. The van der Waals surface area contributed by atoms with Crippen molar-refractivity contribution in [1.82, 2.24) is 0 Å². The van der Waals surface area contributed by atoms with Crippen LogP contribution in [0.2, 0.25) is 0 Å². The molecule has 0 spiro atoms. The van der Waals surface area contributed by atoms with Crippen LogP contribution in [0.15, 0.2) is 71.7 Å². The van der Waals surface area contributed by atoms with Crippen molar-refractivity contribution in [2.45, 2.75) is 0 Å². The first-order valence-corrected chi connectivity index (χ1v) is 8.15. The fourth-order valence-electron chi connectivity index (χ4n) is 2.65. The molecule has 110 valence electrons. The minimum absolute atomic E-state index is 0.719. The third kappa shape index (κ3) is 2.79. The maximum absolute atomic E-state index is 10.7. The molecule has 0 saturated heterocycles. The van der Waals surface area contributed by atoms with E-state index in [0.29, 0.717) is 0 Å². The summed E-state index contributed by atoms with van der Waals surface area (Å²) in [6, 6.07) is 22.7. The second kappa shape index (κ2) is 5.78. The number of aldehydes is 1. The molecule has 4 aromatic rings. The highest BCUT2D eigenvalue weighted by Gasteiger charge is 2.00. The van der Waals surface area contributed by atoms with Crippen LogP contribution in [0, 0.1) is 0 Å². The highest BCUT2D eigenvalue weighted by atomic mass is 32.1. The Kier molecular flexibility index (Phi) is 3.48. The predicted octanol–water partition coefficient (Wildman–Crippen LogP) is 5.62. The number of hydrogen-bond acceptors (Lipinski definition) is 3. The number of benzene rings is 3. The molecule has 1 heterocycles. The van der Waals surface area contributed by atoms with Crippen molar-refractivity contribution in [2.24, 2.45) is 4.99 Å². The molecule has 3 heteroatoms. The third-order valence-corrected chi connectivity index (χ3v) is 4.74. The van der Waals surface area contributed by atoms with Gasteiger partial charge in [0.15, 0.2) is 6.29 Å². The minimum Gasteiger partial charge on any atom is -0.297 e. The van der Waals surface area contributed by atoms with Crippen molar-refractivity contribution in [3.05, 3.63) is 76.5 Å². The first-order chi connectivity index (χ1) is 11.3. The highest BCUT2D eigenvalue weighted by Crippen LogP contribution is 2.26. The smallest absolute Gasteiger partial charge is 0.160 e. The lowest BCUT2D eigenvalue weighted by atomic mass is 10.0. The standard InChI is InChI=1S/C20H13NOS/c22-13-20-8-7-19(23-20)12-21-18-6-5-16-9-14-3-1-2-4-15(14)10-17(16)11-18/h1-13H. The molecule has 0 aliphatic rings. The maximum Gasteiger partial charge on any atom is 0.160 e. The zero-order valence-electron chi connectivity index (χ0n) is 12.3. The van der Waals surface area contributed by atoms with E-state index in [0.717, 1.165) is 21.7 Å². The van der Waals surface area contributed by atoms with E-state index >= 15 is 0 Å². The molecule has 4 rings (SSSR count). The molecule has 23 heavy (non-hydrogen) atoms. The molecule has 0 amide bonds. The molecular weight excluding hydrogens is 302 g/mol. The number of fused-ring (bicyclic) bond motifs is 2. The van der Waals surface area contributed by atoms with Gasteiger partial charge in [0.1, 0.15) is 0 Å². The van der Waals surface area contributed by atoms with Crippen LogP contribution < -0.4 is 0 Å². The van der Waals surface area contributed by atoms with E-state index in [2.05, 4.69) is 53.5 Å². The van der Waals surface area contributed by atoms with Gasteiger partial charge in [-0.3, -0.25) is 9.79 Å². The summed E-state index contributed by atoms with van der Waals surface area (Å²) in [5.74, 6) is 0. The van der Waals surface area contributed by atoms with E-state index in [1.165, 1.54) is 32.9 Å². The Morgan fingerprint density at radius 1 is 0.739 bits per heavy atom. The van der Waals surface area contributed by atoms with Crippen LogP contribution in [0.1, 0.15) is 14.5 Å². The molecule has 0 atom stereocenters. The summed E-state index contributed by atoms with van der Waals surface area (Å²) in [5.41, 5.74) is 0.911. The number of rotatable bonds is 3. The van der Waals surface area contributed by atoms with Crippen molar-refractivity contribution < 1.29 is 4.79 Å². The lowest BCUT2D eigenvalue weighted by molar-refractivity contribution is 0.112. The van der Waals surface area contributed by atoms with Crippen LogP contribution in [0.3, 0.4) is 0 Å². The van der Waals surface area contributed by atoms with Crippen LogP contribution in [-0.2, 0) is 0 Å². The van der Waals surface area contributed by atoms with Crippen LogP contribution in [-0.4, -0.2) is 12.5 Å². The topological polar surface area (TPSA) is 29.4 Å². The monoisotopic (exact) mass is 315 g/mol. The number of hydrogen-bond donors (Lipinski definition) is 0. The van der Waals surface area contributed by atoms with Crippen molar-refractivity contribution in [2.75, 3.05) is 0 Å². The van der Waals surface area contributed by atoms with Crippen molar-refractivity contribution in [3.63, 3.8) is 0 Å². The minimum atomic E-state index is 0.719. The van der Waals surface area contributed by atoms with Gasteiger partial charge < -0.3 is 0 Å². The molecule has 1 aromatic heterocycles. The average molecular weight is 315 g/mol. The Hall–Kier alpha value is -2.78. The molecule has 0 aliphatic carbocycles. The highest BCUT2D eigenvalue weighted by molar-refractivity contribution is 7.15. The van der Waals surface area contributed by atoms with E-state index in [-0.39, 0.29) is 0 Å². The summed E-state index contributed by atoms with van der Waals surface area (Å²) >= 11 is 1.44. The van der Waals surface area contributed by atoms with Gasteiger partial charge in [0.05, 0.1) is 10.6 Å². The molecule has 0 saturated carbocycles. The van der Waals surface area contributed by atoms with Gasteiger partial charge in [-0.1, -0.05) is 30.3 Å². The number of carbonyl (C=O) groups excluding carboxylic acids is 1. The van der Waals surface area contributed by atoms with E-state index < -0.39 is 0 Å². The average Bonchev–Trinajstić information content (AvgIpc) is 3.06. The fourth-order valence-corrected chi connectivity index (χ4v) is 3.34.